The van der Waals surface area contributed by atoms with Gasteiger partial charge >= 0.3 is 0 Å². The Labute approximate surface area is 228 Å². The second-order valence-electron chi connectivity index (χ2n) is 10.4. The molecule has 1 saturated heterocycles. The summed E-state index contributed by atoms with van der Waals surface area (Å²) in [5.41, 5.74) is 4.41. The van der Waals surface area contributed by atoms with Gasteiger partial charge in [-0.05, 0) is 86.4 Å². The topological polar surface area (TPSA) is 52.6 Å². The van der Waals surface area contributed by atoms with Gasteiger partial charge in [-0.1, -0.05) is 56.5 Å². The first kappa shape index (κ1) is 28.0. The molecule has 4 rings (SSSR count). The number of unbranched alkanes of at least 4 members (excludes halogenated alkanes) is 2. The van der Waals surface area contributed by atoms with Crippen molar-refractivity contribution in [2.24, 2.45) is 5.92 Å². The predicted molar refractivity (Wildman–Crippen MR) is 156 cm³/mol. The van der Waals surface area contributed by atoms with Crippen LogP contribution in [0.5, 0.6) is 11.5 Å². The van der Waals surface area contributed by atoms with E-state index in [1.165, 1.54) is 49.7 Å². The van der Waals surface area contributed by atoms with Crippen molar-refractivity contribution in [3.05, 3.63) is 71.8 Å². The van der Waals surface area contributed by atoms with Crippen molar-refractivity contribution in [2.45, 2.75) is 71.3 Å². The molecule has 2 heterocycles. The zero-order chi connectivity index (χ0) is 26.6. The van der Waals surface area contributed by atoms with Gasteiger partial charge in [0.1, 0.15) is 5.82 Å². The maximum Gasteiger partial charge on any atom is 0.161 e. The molecule has 0 amide bonds. The van der Waals surface area contributed by atoms with Crippen LogP contribution in [0.1, 0.15) is 75.5 Å². The smallest absolute Gasteiger partial charge is 0.161 e. The zero-order valence-electron chi connectivity index (χ0n) is 23.4. The third kappa shape index (κ3) is 8.22. The largest absolute Gasteiger partial charge is 0.493 e. The number of benzene rings is 2. The zero-order valence-corrected chi connectivity index (χ0v) is 23.4. The van der Waals surface area contributed by atoms with E-state index in [0.29, 0.717) is 6.61 Å². The molecule has 1 unspecified atom stereocenters. The minimum atomic E-state index is 0.232. The molecule has 1 fully saturated rings. The molecule has 0 aliphatic carbocycles. The van der Waals surface area contributed by atoms with Crippen LogP contribution in [0.15, 0.2) is 60.7 Å². The molecule has 1 aliphatic heterocycles. The van der Waals surface area contributed by atoms with Crippen molar-refractivity contribution in [2.75, 3.05) is 32.2 Å². The summed E-state index contributed by atoms with van der Waals surface area (Å²) in [4.78, 5) is 5.00. The van der Waals surface area contributed by atoms with Crippen LogP contribution in [0.4, 0.5) is 5.82 Å². The molecule has 0 bridgehead atoms. The predicted octanol–water partition coefficient (Wildman–Crippen LogP) is 8.38. The van der Waals surface area contributed by atoms with Gasteiger partial charge in [0.15, 0.2) is 11.5 Å². The van der Waals surface area contributed by atoms with Gasteiger partial charge in [-0.25, -0.2) is 4.98 Å². The number of aryl methyl sites for hydroxylation is 1. The van der Waals surface area contributed by atoms with Crippen molar-refractivity contribution in [3.8, 4) is 22.8 Å². The third-order valence-electron chi connectivity index (χ3n) is 7.40. The van der Waals surface area contributed by atoms with E-state index < -0.39 is 0 Å². The average molecular weight is 517 g/mol. The maximum absolute atomic E-state index is 6.11. The number of nitrogens with one attached hydrogen (secondary N) is 1. The van der Waals surface area contributed by atoms with E-state index in [9.17, 15) is 0 Å². The quantitative estimate of drug-likeness (QED) is 0.218. The van der Waals surface area contributed by atoms with E-state index in [2.05, 4.69) is 67.7 Å². The minimum absolute atomic E-state index is 0.232. The molecule has 0 saturated carbocycles. The molecule has 0 radical (unpaired) electrons. The van der Waals surface area contributed by atoms with Crippen LogP contribution in [-0.4, -0.2) is 31.9 Å². The van der Waals surface area contributed by atoms with Gasteiger partial charge in [0.2, 0.25) is 0 Å². The molecular weight excluding hydrogens is 472 g/mol. The van der Waals surface area contributed by atoms with E-state index >= 15 is 0 Å². The van der Waals surface area contributed by atoms with Crippen molar-refractivity contribution in [1.82, 2.24) is 4.98 Å². The van der Waals surface area contributed by atoms with Crippen LogP contribution in [0.2, 0.25) is 0 Å². The van der Waals surface area contributed by atoms with Crippen LogP contribution in [0.3, 0.4) is 0 Å². The summed E-state index contributed by atoms with van der Waals surface area (Å²) in [5, 5.41) is 3.71. The van der Waals surface area contributed by atoms with Crippen molar-refractivity contribution >= 4 is 5.82 Å². The number of ether oxygens (including phenoxy) is 3. The fourth-order valence-electron chi connectivity index (χ4n) is 5.18. The lowest BCUT2D eigenvalue weighted by Gasteiger charge is -2.21. The lowest BCUT2D eigenvalue weighted by molar-refractivity contribution is 0.0628. The molecule has 1 atom stereocenters. The lowest BCUT2D eigenvalue weighted by atomic mass is 9.94. The minimum Gasteiger partial charge on any atom is -0.493 e. The van der Waals surface area contributed by atoms with Crippen LogP contribution < -0.4 is 14.8 Å². The number of hydrogen-bond donors (Lipinski definition) is 1. The second-order valence-corrected chi connectivity index (χ2v) is 10.4. The molecule has 3 aromatic rings. The van der Waals surface area contributed by atoms with Gasteiger partial charge in [0, 0.05) is 18.8 Å². The van der Waals surface area contributed by atoms with E-state index in [1.807, 2.05) is 12.1 Å². The van der Waals surface area contributed by atoms with Crippen molar-refractivity contribution < 1.29 is 14.2 Å². The summed E-state index contributed by atoms with van der Waals surface area (Å²) in [6.45, 7) is 6.90. The Bertz CT molecular complexity index is 1110. The summed E-state index contributed by atoms with van der Waals surface area (Å²) < 4.78 is 17.3. The van der Waals surface area contributed by atoms with E-state index in [1.54, 1.807) is 7.11 Å². The number of nitrogens with zero attached hydrogens (tertiary/aromatic N) is 1. The number of pyridine rings is 1. The Kier molecular flexibility index (Phi) is 10.9. The third-order valence-corrected chi connectivity index (χ3v) is 7.40. The van der Waals surface area contributed by atoms with Gasteiger partial charge in [0.25, 0.3) is 0 Å². The number of methoxy groups -OCH3 is 1. The summed E-state index contributed by atoms with van der Waals surface area (Å²) in [6, 6.07) is 21.3. The molecule has 1 aromatic heterocycles. The van der Waals surface area contributed by atoms with Gasteiger partial charge in [-0.15, -0.1) is 0 Å². The Morgan fingerprint density at radius 3 is 2.55 bits per heavy atom. The van der Waals surface area contributed by atoms with Crippen LogP contribution in [0, 0.1) is 12.8 Å². The van der Waals surface area contributed by atoms with Gasteiger partial charge in [-0.2, -0.15) is 0 Å². The Morgan fingerprint density at radius 1 is 0.974 bits per heavy atom. The maximum atomic E-state index is 6.11. The SMILES string of the molecule is CCCCC(Nc1cc(C)cc(-c2ccc(OCCCCC3CCOCC3)c(OC)c2)n1)c1ccccc1. The monoisotopic (exact) mass is 516 g/mol. The highest BCUT2D eigenvalue weighted by Gasteiger charge is 2.15. The first-order valence-electron chi connectivity index (χ1n) is 14.4. The van der Waals surface area contributed by atoms with E-state index in [4.69, 9.17) is 19.2 Å². The van der Waals surface area contributed by atoms with Crippen molar-refractivity contribution in [1.29, 1.82) is 0 Å². The molecule has 0 spiro atoms. The standard InChI is InChI=1S/C33H44N2O3/c1-4-5-14-29(27-12-7-6-8-13-27)34-33-23-25(2)22-30(35-33)28-15-16-31(32(24-28)36-3)38-19-10-9-11-26-17-20-37-21-18-26/h6-8,12-13,15-16,22-24,26,29H,4-5,9-11,14,17-21H2,1-3H3,(H,34,35). The van der Waals surface area contributed by atoms with E-state index in [0.717, 1.165) is 60.5 Å². The lowest BCUT2D eigenvalue weighted by Crippen LogP contribution is -2.15. The normalized spacial score (nSPS) is 14.7. The molecule has 1 aliphatic rings. The average Bonchev–Trinajstić information content (AvgIpc) is 2.96. The van der Waals surface area contributed by atoms with Crippen LogP contribution in [-0.2, 0) is 4.74 Å². The van der Waals surface area contributed by atoms with E-state index in [-0.39, 0.29) is 6.04 Å². The summed E-state index contributed by atoms with van der Waals surface area (Å²) in [6.07, 6.45) is 9.31. The van der Waals surface area contributed by atoms with Crippen LogP contribution >= 0.6 is 0 Å². The highest BCUT2D eigenvalue weighted by molar-refractivity contribution is 5.66. The fourth-order valence-corrected chi connectivity index (χ4v) is 5.18. The molecule has 204 valence electrons. The Hall–Kier alpha value is -3.05. The van der Waals surface area contributed by atoms with Crippen LogP contribution in [0.25, 0.3) is 11.3 Å². The number of anilines is 1. The molecule has 5 nitrogen and oxygen atoms in total. The number of aromatic nitrogens is 1. The second kappa shape index (κ2) is 14.8. The highest BCUT2D eigenvalue weighted by Crippen LogP contribution is 2.34. The summed E-state index contributed by atoms with van der Waals surface area (Å²) in [5.74, 6) is 3.24. The van der Waals surface area contributed by atoms with Gasteiger partial charge in [0.05, 0.1) is 25.5 Å². The number of rotatable bonds is 14. The molecule has 1 N–H and O–H groups in total. The fraction of sp³-hybridized carbons (Fsp3) is 0.485. The first-order valence-corrected chi connectivity index (χ1v) is 14.4. The summed E-state index contributed by atoms with van der Waals surface area (Å²) >= 11 is 0. The Morgan fingerprint density at radius 2 is 1.79 bits per heavy atom. The molecule has 2 aromatic carbocycles. The first-order chi connectivity index (χ1) is 18.7. The highest BCUT2D eigenvalue weighted by atomic mass is 16.5. The molecule has 38 heavy (non-hydrogen) atoms. The molecular formula is C33H44N2O3. The number of hydrogen-bond acceptors (Lipinski definition) is 5. The van der Waals surface area contributed by atoms with Crippen molar-refractivity contribution in [3.63, 3.8) is 0 Å². The van der Waals surface area contributed by atoms with Gasteiger partial charge < -0.3 is 19.5 Å². The van der Waals surface area contributed by atoms with Gasteiger partial charge in [-0.3, -0.25) is 0 Å². The Balaban J connectivity index is 1.41. The summed E-state index contributed by atoms with van der Waals surface area (Å²) in [7, 11) is 1.70. The molecule has 5 heteroatoms.